The van der Waals surface area contributed by atoms with Crippen molar-refractivity contribution >= 4 is 33.3 Å². The number of carbonyl (C=O) groups is 1. The van der Waals surface area contributed by atoms with Gasteiger partial charge in [0.2, 0.25) is 0 Å². The molecule has 1 aromatic carbocycles. The molecule has 3 rings (SSSR count). The molecule has 1 fully saturated rings. The van der Waals surface area contributed by atoms with Crippen molar-refractivity contribution in [1.29, 1.82) is 0 Å². The van der Waals surface area contributed by atoms with E-state index in [2.05, 4.69) is 43.3 Å². The summed E-state index contributed by atoms with van der Waals surface area (Å²) in [5.41, 5.74) is 1.29. The number of rotatable bonds is 4. The molecule has 24 heavy (non-hydrogen) atoms. The molecular weight excluding hydrogens is 370 g/mol. The maximum Gasteiger partial charge on any atom is 0.274 e. The highest BCUT2D eigenvalue weighted by Gasteiger charge is 2.22. The average Bonchev–Trinajstić information content (AvgIpc) is 2.64. The normalized spacial score (nSPS) is 15.3. The molecule has 6 nitrogen and oxygen atoms in total. The standard InChI is InChI=1S/C17H20BrN5O/c1-2-22-9-11-23(12-10-22)17(24)15-7-8-16(21-20-15)19-14-6-4-3-5-13(14)18/h3-8H,2,9-12H2,1H3,(H,19,21). The molecule has 1 aromatic heterocycles. The molecule has 0 spiro atoms. The van der Waals surface area contributed by atoms with Crippen LogP contribution < -0.4 is 5.32 Å². The number of carbonyl (C=O) groups excluding carboxylic acids is 1. The van der Waals surface area contributed by atoms with Gasteiger partial charge < -0.3 is 15.1 Å². The van der Waals surface area contributed by atoms with Crippen molar-refractivity contribution in [2.75, 3.05) is 38.0 Å². The van der Waals surface area contributed by atoms with E-state index in [-0.39, 0.29) is 5.91 Å². The first-order valence-electron chi connectivity index (χ1n) is 8.04. The molecule has 7 heteroatoms. The monoisotopic (exact) mass is 389 g/mol. The number of benzene rings is 1. The van der Waals surface area contributed by atoms with Crippen LogP contribution in [0.5, 0.6) is 0 Å². The van der Waals surface area contributed by atoms with Crippen molar-refractivity contribution in [2.45, 2.75) is 6.92 Å². The molecule has 0 unspecified atom stereocenters. The Morgan fingerprint density at radius 1 is 1.12 bits per heavy atom. The van der Waals surface area contributed by atoms with Gasteiger partial charge in [-0.15, -0.1) is 10.2 Å². The summed E-state index contributed by atoms with van der Waals surface area (Å²) in [6.45, 7) is 6.47. The van der Waals surface area contributed by atoms with Crippen molar-refractivity contribution < 1.29 is 4.79 Å². The Labute approximate surface area is 150 Å². The average molecular weight is 390 g/mol. The molecule has 1 amide bonds. The predicted octanol–water partition coefficient (Wildman–Crippen LogP) is 2.76. The fraction of sp³-hybridized carbons (Fsp3) is 0.353. The summed E-state index contributed by atoms with van der Waals surface area (Å²) < 4.78 is 0.945. The number of nitrogens with one attached hydrogen (secondary N) is 1. The van der Waals surface area contributed by atoms with Crippen LogP contribution in [-0.2, 0) is 0 Å². The number of nitrogens with zero attached hydrogens (tertiary/aromatic N) is 4. The van der Waals surface area contributed by atoms with Gasteiger partial charge in [-0.2, -0.15) is 0 Å². The molecule has 1 aliphatic rings. The Hall–Kier alpha value is -1.99. The third-order valence-electron chi connectivity index (χ3n) is 4.13. The third kappa shape index (κ3) is 3.91. The number of aromatic nitrogens is 2. The largest absolute Gasteiger partial charge is 0.338 e. The zero-order chi connectivity index (χ0) is 16.9. The van der Waals surface area contributed by atoms with Crippen LogP contribution in [0.25, 0.3) is 0 Å². The number of hydrogen-bond donors (Lipinski definition) is 1. The summed E-state index contributed by atoms with van der Waals surface area (Å²) in [7, 11) is 0. The van der Waals surface area contributed by atoms with Gasteiger partial charge in [-0.05, 0) is 46.7 Å². The Morgan fingerprint density at radius 3 is 2.50 bits per heavy atom. The summed E-state index contributed by atoms with van der Waals surface area (Å²) in [6, 6.07) is 11.3. The van der Waals surface area contributed by atoms with E-state index in [0.29, 0.717) is 11.5 Å². The Bertz CT molecular complexity index is 698. The molecule has 0 bridgehead atoms. The van der Waals surface area contributed by atoms with Crippen LogP contribution in [0.4, 0.5) is 11.5 Å². The molecule has 1 aliphatic heterocycles. The van der Waals surface area contributed by atoms with Gasteiger partial charge in [-0.1, -0.05) is 19.1 Å². The molecule has 1 N–H and O–H groups in total. The minimum absolute atomic E-state index is 0.0503. The smallest absolute Gasteiger partial charge is 0.274 e. The van der Waals surface area contributed by atoms with Crippen LogP contribution in [0.3, 0.4) is 0 Å². The number of amides is 1. The van der Waals surface area contributed by atoms with E-state index >= 15 is 0 Å². The summed E-state index contributed by atoms with van der Waals surface area (Å²) in [5.74, 6) is 0.556. The molecule has 1 saturated heterocycles. The van der Waals surface area contributed by atoms with Crippen molar-refractivity contribution in [1.82, 2.24) is 20.0 Å². The highest BCUT2D eigenvalue weighted by molar-refractivity contribution is 9.10. The van der Waals surface area contributed by atoms with Crippen LogP contribution in [0.15, 0.2) is 40.9 Å². The lowest BCUT2D eigenvalue weighted by Crippen LogP contribution is -2.48. The summed E-state index contributed by atoms with van der Waals surface area (Å²) in [6.07, 6.45) is 0. The predicted molar refractivity (Wildman–Crippen MR) is 97.5 cm³/mol. The van der Waals surface area contributed by atoms with Gasteiger partial charge in [-0.25, -0.2) is 0 Å². The summed E-state index contributed by atoms with van der Waals surface area (Å²) >= 11 is 3.48. The van der Waals surface area contributed by atoms with E-state index < -0.39 is 0 Å². The molecule has 2 aromatic rings. The van der Waals surface area contributed by atoms with Crippen LogP contribution in [0, 0.1) is 0 Å². The second-order valence-corrected chi connectivity index (χ2v) is 6.49. The molecule has 0 saturated carbocycles. The van der Waals surface area contributed by atoms with Crippen molar-refractivity contribution in [3.05, 3.63) is 46.6 Å². The maximum atomic E-state index is 12.5. The Kier molecular flexibility index (Phi) is 5.42. The van der Waals surface area contributed by atoms with Gasteiger partial charge in [0.25, 0.3) is 5.91 Å². The fourth-order valence-electron chi connectivity index (χ4n) is 2.64. The Morgan fingerprint density at radius 2 is 1.88 bits per heavy atom. The first kappa shape index (κ1) is 16.9. The van der Waals surface area contributed by atoms with Gasteiger partial charge in [0.1, 0.15) is 0 Å². The van der Waals surface area contributed by atoms with Gasteiger partial charge >= 0.3 is 0 Å². The number of piperazine rings is 1. The van der Waals surface area contributed by atoms with E-state index in [1.807, 2.05) is 29.2 Å². The van der Waals surface area contributed by atoms with Crippen LogP contribution in [0.2, 0.25) is 0 Å². The maximum absolute atomic E-state index is 12.5. The summed E-state index contributed by atoms with van der Waals surface area (Å²) in [4.78, 5) is 16.7. The van der Waals surface area contributed by atoms with E-state index in [1.54, 1.807) is 12.1 Å². The topological polar surface area (TPSA) is 61.4 Å². The number of hydrogen-bond acceptors (Lipinski definition) is 5. The lowest BCUT2D eigenvalue weighted by Gasteiger charge is -2.33. The van der Waals surface area contributed by atoms with E-state index in [0.717, 1.165) is 42.9 Å². The molecule has 0 atom stereocenters. The zero-order valence-corrected chi connectivity index (χ0v) is 15.2. The molecule has 0 aliphatic carbocycles. The first-order chi connectivity index (χ1) is 11.7. The van der Waals surface area contributed by atoms with Crippen LogP contribution >= 0.6 is 15.9 Å². The van der Waals surface area contributed by atoms with Crippen molar-refractivity contribution in [3.63, 3.8) is 0 Å². The van der Waals surface area contributed by atoms with Gasteiger partial charge in [0.15, 0.2) is 11.5 Å². The van der Waals surface area contributed by atoms with Gasteiger partial charge in [0, 0.05) is 30.7 Å². The highest BCUT2D eigenvalue weighted by Crippen LogP contribution is 2.24. The lowest BCUT2D eigenvalue weighted by molar-refractivity contribution is 0.0636. The first-order valence-corrected chi connectivity index (χ1v) is 8.83. The van der Waals surface area contributed by atoms with Crippen LogP contribution in [-0.4, -0.2) is 58.6 Å². The number of anilines is 2. The van der Waals surface area contributed by atoms with E-state index in [9.17, 15) is 4.79 Å². The second-order valence-electron chi connectivity index (χ2n) is 5.64. The van der Waals surface area contributed by atoms with Crippen molar-refractivity contribution in [2.24, 2.45) is 0 Å². The fourth-order valence-corrected chi connectivity index (χ4v) is 3.03. The Balaban J connectivity index is 1.64. The number of halogens is 1. The third-order valence-corrected chi connectivity index (χ3v) is 4.82. The molecule has 0 radical (unpaired) electrons. The van der Waals surface area contributed by atoms with Gasteiger partial charge in [0.05, 0.1) is 5.69 Å². The minimum atomic E-state index is -0.0503. The van der Waals surface area contributed by atoms with E-state index in [4.69, 9.17) is 0 Å². The molecular formula is C17H20BrN5O. The highest BCUT2D eigenvalue weighted by atomic mass is 79.9. The number of para-hydroxylation sites is 1. The minimum Gasteiger partial charge on any atom is -0.338 e. The SMILES string of the molecule is CCN1CCN(C(=O)c2ccc(Nc3ccccc3Br)nn2)CC1. The number of likely N-dealkylation sites (N-methyl/N-ethyl adjacent to an activating group) is 1. The van der Waals surface area contributed by atoms with Crippen molar-refractivity contribution in [3.8, 4) is 0 Å². The lowest BCUT2D eigenvalue weighted by atomic mass is 10.2. The molecule has 126 valence electrons. The van der Waals surface area contributed by atoms with Gasteiger partial charge in [-0.3, -0.25) is 4.79 Å². The van der Waals surface area contributed by atoms with E-state index in [1.165, 1.54) is 0 Å². The molecule has 2 heterocycles. The quantitative estimate of drug-likeness (QED) is 0.870. The zero-order valence-electron chi connectivity index (χ0n) is 13.6. The summed E-state index contributed by atoms with van der Waals surface area (Å²) in [5, 5.41) is 11.4. The second kappa shape index (κ2) is 7.72. The van der Waals surface area contributed by atoms with Crippen LogP contribution in [0.1, 0.15) is 17.4 Å².